The second-order valence-corrected chi connectivity index (χ2v) is 5.05. The SMILES string of the molecule is CC1CSCC1Nc1cccc(C(=O)O)n1. The number of pyridine rings is 1. The molecule has 1 fully saturated rings. The van der Waals surface area contributed by atoms with Crippen LogP contribution in [0.1, 0.15) is 17.4 Å². The van der Waals surface area contributed by atoms with E-state index in [4.69, 9.17) is 5.11 Å². The summed E-state index contributed by atoms with van der Waals surface area (Å²) in [6.07, 6.45) is 0. The Balaban J connectivity index is 2.09. The molecule has 1 saturated heterocycles. The van der Waals surface area contributed by atoms with Crippen molar-refractivity contribution in [2.45, 2.75) is 13.0 Å². The molecule has 0 saturated carbocycles. The molecule has 1 aliphatic rings. The number of nitrogens with zero attached hydrogens (tertiary/aromatic N) is 1. The molecular weight excluding hydrogens is 224 g/mol. The standard InChI is InChI=1S/C11H14N2O2S/c1-7-5-16-6-9(7)13-10-4-2-3-8(12-10)11(14)15/h2-4,7,9H,5-6H2,1H3,(H,12,13)(H,14,15). The molecule has 4 nitrogen and oxygen atoms in total. The van der Waals surface area contributed by atoms with Gasteiger partial charge in [-0.3, -0.25) is 0 Å². The highest BCUT2D eigenvalue weighted by atomic mass is 32.2. The highest BCUT2D eigenvalue weighted by Gasteiger charge is 2.24. The molecule has 1 aromatic heterocycles. The van der Waals surface area contributed by atoms with Crippen LogP contribution in [0.3, 0.4) is 0 Å². The van der Waals surface area contributed by atoms with Gasteiger partial charge < -0.3 is 10.4 Å². The second-order valence-electron chi connectivity index (χ2n) is 3.98. The maximum atomic E-state index is 10.8. The quantitative estimate of drug-likeness (QED) is 0.842. The van der Waals surface area contributed by atoms with Gasteiger partial charge in [0.1, 0.15) is 5.82 Å². The number of thioether (sulfide) groups is 1. The van der Waals surface area contributed by atoms with Crippen molar-refractivity contribution in [3.8, 4) is 0 Å². The van der Waals surface area contributed by atoms with Crippen molar-refractivity contribution in [2.24, 2.45) is 5.92 Å². The molecule has 16 heavy (non-hydrogen) atoms. The summed E-state index contributed by atoms with van der Waals surface area (Å²) in [5.74, 6) is 2.47. The predicted molar refractivity (Wildman–Crippen MR) is 65.1 cm³/mol. The summed E-state index contributed by atoms with van der Waals surface area (Å²) >= 11 is 1.91. The third-order valence-electron chi connectivity index (χ3n) is 2.67. The van der Waals surface area contributed by atoms with E-state index >= 15 is 0 Å². The molecule has 0 radical (unpaired) electrons. The molecule has 0 spiro atoms. The lowest BCUT2D eigenvalue weighted by atomic mass is 10.1. The van der Waals surface area contributed by atoms with Crippen molar-refractivity contribution in [2.75, 3.05) is 16.8 Å². The zero-order valence-corrected chi connectivity index (χ0v) is 9.83. The fourth-order valence-corrected chi connectivity index (χ4v) is 3.08. The molecule has 2 heterocycles. The predicted octanol–water partition coefficient (Wildman–Crippen LogP) is 1.94. The summed E-state index contributed by atoms with van der Waals surface area (Å²) in [6.45, 7) is 2.19. The van der Waals surface area contributed by atoms with Crippen molar-refractivity contribution < 1.29 is 9.90 Å². The molecule has 2 rings (SSSR count). The first kappa shape index (κ1) is 11.3. The number of aromatic carboxylic acids is 1. The molecule has 0 aromatic carbocycles. The first-order chi connectivity index (χ1) is 7.66. The number of rotatable bonds is 3. The zero-order valence-electron chi connectivity index (χ0n) is 9.01. The van der Waals surface area contributed by atoms with E-state index in [1.807, 2.05) is 17.8 Å². The van der Waals surface area contributed by atoms with Gasteiger partial charge in [0.2, 0.25) is 0 Å². The first-order valence-electron chi connectivity index (χ1n) is 5.21. The summed E-state index contributed by atoms with van der Waals surface area (Å²) in [6, 6.07) is 5.41. The molecule has 2 unspecified atom stereocenters. The number of aromatic nitrogens is 1. The van der Waals surface area contributed by atoms with Gasteiger partial charge >= 0.3 is 5.97 Å². The largest absolute Gasteiger partial charge is 0.477 e. The average molecular weight is 238 g/mol. The number of carboxylic acids is 1. The molecule has 1 aliphatic heterocycles. The third kappa shape index (κ3) is 2.47. The summed E-state index contributed by atoms with van der Waals surface area (Å²) in [4.78, 5) is 14.8. The van der Waals surface area contributed by atoms with E-state index in [1.165, 1.54) is 6.07 Å². The molecular formula is C11H14N2O2S. The van der Waals surface area contributed by atoms with E-state index < -0.39 is 5.97 Å². The van der Waals surface area contributed by atoms with Gasteiger partial charge in [-0.15, -0.1) is 0 Å². The van der Waals surface area contributed by atoms with Gasteiger partial charge in [-0.2, -0.15) is 11.8 Å². The van der Waals surface area contributed by atoms with Crippen LogP contribution in [0.25, 0.3) is 0 Å². The lowest BCUT2D eigenvalue weighted by Gasteiger charge is -2.17. The van der Waals surface area contributed by atoms with Gasteiger partial charge in [0.25, 0.3) is 0 Å². The Hall–Kier alpha value is -1.23. The van der Waals surface area contributed by atoms with Crippen LogP contribution in [0.5, 0.6) is 0 Å². The summed E-state index contributed by atoms with van der Waals surface area (Å²) in [7, 11) is 0. The van der Waals surface area contributed by atoms with Crippen molar-refractivity contribution in [1.29, 1.82) is 0 Å². The van der Waals surface area contributed by atoms with Gasteiger partial charge in [0.05, 0.1) is 0 Å². The molecule has 0 aliphatic carbocycles. The molecule has 86 valence electrons. The van der Waals surface area contributed by atoms with Crippen molar-refractivity contribution in [3.05, 3.63) is 23.9 Å². The zero-order chi connectivity index (χ0) is 11.5. The van der Waals surface area contributed by atoms with Gasteiger partial charge in [-0.1, -0.05) is 13.0 Å². The molecule has 0 bridgehead atoms. The fourth-order valence-electron chi connectivity index (χ4n) is 1.67. The average Bonchev–Trinajstić information content (AvgIpc) is 2.65. The Bertz CT molecular complexity index is 397. The van der Waals surface area contributed by atoms with Crippen LogP contribution >= 0.6 is 11.8 Å². The van der Waals surface area contributed by atoms with E-state index in [1.54, 1.807) is 6.07 Å². The maximum absolute atomic E-state index is 10.8. The van der Waals surface area contributed by atoms with Gasteiger partial charge in [-0.25, -0.2) is 9.78 Å². The number of anilines is 1. The topological polar surface area (TPSA) is 62.2 Å². The Morgan fingerprint density at radius 2 is 2.38 bits per heavy atom. The Morgan fingerprint density at radius 1 is 1.56 bits per heavy atom. The van der Waals surface area contributed by atoms with Crippen LogP contribution in [0.2, 0.25) is 0 Å². The van der Waals surface area contributed by atoms with Gasteiger partial charge in [-0.05, 0) is 23.8 Å². The minimum Gasteiger partial charge on any atom is -0.477 e. The number of hydrogen-bond acceptors (Lipinski definition) is 4. The Morgan fingerprint density at radius 3 is 3.00 bits per heavy atom. The lowest BCUT2D eigenvalue weighted by Crippen LogP contribution is -2.26. The normalized spacial score (nSPS) is 24.3. The third-order valence-corrected chi connectivity index (χ3v) is 4.02. The summed E-state index contributed by atoms with van der Waals surface area (Å²) in [5.41, 5.74) is 0.0864. The number of carbonyl (C=O) groups is 1. The highest BCUT2D eigenvalue weighted by Crippen LogP contribution is 2.26. The van der Waals surface area contributed by atoms with Crippen molar-refractivity contribution in [1.82, 2.24) is 4.98 Å². The molecule has 5 heteroatoms. The van der Waals surface area contributed by atoms with Crippen LogP contribution in [0.15, 0.2) is 18.2 Å². The highest BCUT2D eigenvalue weighted by molar-refractivity contribution is 7.99. The lowest BCUT2D eigenvalue weighted by molar-refractivity contribution is 0.0690. The monoisotopic (exact) mass is 238 g/mol. The molecule has 2 N–H and O–H groups in total. The van der Waals surface area contributed by atoms with E-state index in [9.17, 15) is 4.79 Å². The van der Waals surface area contributed by atoms with E-state index in [-0.39, 0.29) is 5.69 Å². The Labute approximate surface area is 98.5 Å². The van der Waals surface area contributed by atoms with Crippen LogP contribution in [0, 0.1) is 5.92 Å². The number of hydrogen-bond donors (Lipinski definition) is 2. The van der Waals surface area contributed by atoms with Gasteiger partial charge in [0.15, 0.2) is 5.69 Å². The van der Waals surface area contributed by atoms with Gasteiger partial charge in [0, 0.05) is 11.8 Å². The van der Waals surface area contributed by atoms with E-state index in [2.05, 4.69) is 17.2 Å². The minimum atomic E-state index is -0.988. The van der Waals surface area contributed by atoms with E-state index in [0.29, 0.717) is 17.8 Å². The van der Waals surface area contributed by atoms with E-state index in [0.717, 1.165) is 11.5 Å². The number of nitrogens with one attached hydrogen (secondary N) is 1. The van der Waals surface area contributed by atoms with Crippen LogP contribution in [-0.4, -0.2) is 33.6 Å². The minimum absolute atomic E-state index is 0.0864. The second kappa shape index (κ2) is 4.74. The molecule has 1 aromatic rings. The van der Waals surface area contributed by atoms with Crippen molar-refractivity contribution >= 4 is 23.5 Å². The van der Waals surface area contributed by atoms with Crippen LogP contribution < -0.4 is 5.32 Å². The summed E-state index contributed by atoms with van der Waals surface area (Å²) < 4.78 is 0. The Kier molecular flexibility index (Phi) is 3.33. The smallest absolute Gasteiger partial charge is 0.354 e. The summed E-state index contributed by atoms with van der Waals surface area (Å²) in [5, 5.41) is 12.1. The van der Waals surface area contributed by atoms with Crippen molar-refractivity contribution in [3.63, 3.8) is 0 Å². The molecule has 0 amide bonds. The fraction of sp³-hybridized carbons (Fsp3) is 0.455. The first-order valence-corrected chi connectivity index (χ1v) is 6.37. The maximum Gasteiger partial charge on any atom is 0.354 e. The number of carboxylic acid groups (broad SMARTS) is 1. The van der Waals surface area contributed by atoms with Crippen LogP contribution in [-0.2, 0) is 0 Å². The van der Waals surface area contributed by atoms with Crippen LogP contribution in [0.4, 0.5) is 5.82 Å². The molecule has 2 atom stereocenters.